The van der Waals surface area contributed by atoms with Gasteiger partial charge in [-0.2, -0.15) is 11.8 Å². The zero-order chi connectivity index (χ0) is 11.3. The van der Waals surface area contributed by atoms with Crippen LogP contribution in [0.3, 0.4) is 0 Å². The van der Waals surface area contributed by atoms with Crippen LogP contribution >= 0.6 is 11.8 Å². The van der Waals surface area contributed by atoms with E-state index < -0.39 is 0 Å². The molecule has 0 aliphatic carbocycles. The molecule has 0 aliphatic rings. The number of hydrogen-bond donors (Lipinski definition) is 2. The predicted molar refractivity (Wildman–Crippen MR) is 70.2 cm³/mol. The van der Waals surface area contributed by atoms with Crippen molar-refractivity contribution < 1.29 is 0 Å². The average molecular weight is 224 g/mol. The summed E-state index contributed by atoms with van der Waals surface area (Å²) in [6.07, 6.45) is 2.14. The van der Waals surface area contributed by atoms with E-state index in [9.17, 15) is 0 Å². The van der Waals surface area contributed by atoms with Crippen molar-refractivity contribution in [2.45, 2.75) is 25.1 Å². The number of nitrogen functional groups attached to an aromatic ring is 1. The lowest BCUT2D eigenvalue weighted by molar-refractivity contribution is 0.591. The molecule has 0 atom stereocenters. The summed E-state index contributed by atoms with van der Waals surface area (Å²) < 4.78 is 0.281. The Kier molecular flexibility index (Phi) is 4.48. The fourth-order valence-electron chi connectivity index (χ4n) is 1.27. The normalized spacial score (nSPS) is 11.7. The van der Waals surface area contributed by atoms with Gasteiger partial charge in [-0.1, -0.05) is 18.2 Å². The fraction of sp³-hybridized carbons (Fsp3) is 0.500. The zero-order valence-electron chi connectivity index (χ0n) is 9.71. The first-order valence-electron chi connectivity index (χ1n) is 5.14. The second-order valence-corrected chi connectivity index (χ2v) is 5.78. The highest BCUT2D eigenvalue weighted by molar-refractivity contribution is 7.99. The summed E-state index contributed by atoms with van der Waals surface area (Å²) in [5.74, 6) is 0. The molecule has 0 spiro atoms. The van der Waals surface area contributed by atoms with Gasteiger partial charge in [-0.25, -0.2) is 0 Å². The van der Waals surface area contributed by atoms with E-state index in [1.807, 2.05) is 30.0 Å². The van der Waals surface area contributed by atoms with Crippen molar-refractivity contribution in [3.05, 3.63) is 29.8 Å². The molecular formula is C12H20N2S. The standard InChI is InChI=1S/C12H20N2S/c1-12(2,15-3)9-14-8-10-6-4-5-7-11(10)13/h4-7,14H,8-9,13H2,1-3H3. The Morgan fingerprint density at radius 1 is 1.33 bits per heavy atom. The molecule has 3 N–H and O–H groups in total. The topological polar surface area (TPSA) is 38.0 Å². The Labute approximate surface area is 96.6 Å². The second-order valence-electron chi connectivity index (χ2n) is 4.27. The third-order valence-corrected chi connectivity index (χ3v) is 3.72. The van der Waals surface area contributed by atoms with Gasteiger partial charge in [-0.05, 0) is 31.7 Å². The minimum Gasteiger partial charge on any atom is -0.398 e. The van der Waals surface area contributed by atoms with Gasteiger partial charge in [0.2, 0.25) is 0 Å². The number of thioether (sulfide) groups is 1. The molecule has 3 heteroatoms. The lowest BCUT2D eigenvalue weighted by atomic mass is 10.1. The van der Waals surface area contributed by atoms with Crippen LogP contribution < -0.4 is 11.1 Å². The largest absolute Gasteiger partial charge is 0.398 e. The van der Waals surface area contributed by atoms with E-state index >= 15 is 0 Å². The molecule has 0 bridgehead atoms. The fourth-order valence-corrected chi connectivity index (χ4v) is 1.51. The first-order chi connectivity index (χ1) is 7.05. The van der Waals surface area contributed by atoms with Crippen LogP contribution in [0.4, 0.5) is 5.69 Å². The summed E-state index contributed by atoms with van der Waals surface area (Å²) in [5, 5.41) is 3.43. The minimum absolute atomic E-state index is 0.281. The second kappa shape index (κ2) is 5.42. The number of anilines is 1. The van der Waals surface area contributed by atoms with Gasteiger partial charge >= 0.3 is 0 Å². The Hall–Kier alpha value is -0.670. The monoisotopic (exact) mass is 224 g/mol. The van der Waals surface area contributed by atoms with Gasteiger partial charge in [-0.15, -0.1) is 0 Å². The number of rotatable bonds is 5. The maximum Gasteiger partial charge on any atom is 0.0359 e. The Morgan fingerprint density at radius 2 is 2.00 bits per heavy atom. The smallest absolute Gasteiger partial charge is 0.0359 e. The number of nitrogens with one attached hydrogen (secondary N) is 1. The molecule has 15 heavy (non-hydrogen) atoms. The molecule has 0 fully saturated rings. The molecule has 0 radical (unpaired) electrons. The van der Waals surface area contributed by atoms with Crippen LogP contribution in [0.15, 0.2) is 24.3 Å². The molecule has 0 heterocycles. The Bertz CT molecular complexity index is 310. The van der Waals surface area contributed by atoms with Gasteiger partial charge in [0.05, 0.1) is 0 Å². The van der Waals surface area contributed by atoms with E-state index in [-0.39, 0.29) is 4.75 Å². The van der Waals surface area contributed by atoms with Crippen LogP contribution in [0.2, 0.25) is 0 Å². The average Bonchev–Trinajstić information content (AvgIpc) is 2.21. The minimum atomic E-state index is 0.281. The van der Waals surface area contributed by atoms with Crippen molar-refractivity contribution in [2.75, 3.05) is 18.5 Å². The van der Waals surface area contributed by atoms with Crippen molar-refractivity contribution in [1.82, 2.24) is 5.32 Å². The van der Waals surface area contributed by atoms with Gasteiger partial charge in [0.1, 0.15) is 0 Å². The van der Waals surface area contributed by atoms with E-state index in [0.717, 1.165) is 18.8 Å². The quantitative estimate of drug-likeness (QED) is 0.755. The summed E-state index contributed by atoms with van der Waals surface area (Å²) >= 11 is 1.87. The number of hydrogen-bond acceptors (Lipinski definition) is 3. The maximum absolute atomic E-state index is 5.86. The number of benzene rings is 1. The molecule has 84 valence electrons. The number of para-hydroxylation sites is 1. The van der Waals surface area contributed by atoms with E-state index in [0.29, 0.717) is 0 Å². The first kappa shape index (κ1) is 12.4. The molecule has 0 saturated heterocycles. The van der Waals surface area contributed by atoms with Crippen molar-refractivity contribution >= 4 is 17.4 Å². The molecule has 1 aromatic carbocycles. The zero-order valence-corrected chi connectivity index (χ0v) is 10.5. The van der Waals surface area contributed by atoms with Crippen LogP contribution in [0, 0.1) is 0 Å². The van der Waals surface area contributed by atoms with Gasteiger partial charge < -0.3 is 11.1 Å². The van der Waals surface area contributed by atoms with E-state index in [4.69, 9.17) is 5.73 Å². The van der Waals surface area contributed by atoms with Crippen molar-refractivity contribution in [3.8, 4) is 0 Å². The molecule has 1 rings (SSSR count). The molecule has 0 aliphatic heterocycles. The molecular weight excluding hydrogens is 204 g/mol. The van der Waals surface area contributed by atoms with Crippen LogP contribution in [-0.4, -0.2) is 17.5 Å². The Balaban J connectivity index is 2.42. The van der Waals surface area contributed by atoms with Gasteiger partial charge in [0, 0.05) is 23.5 Å². The summed E-state index contributed by atoms with van der Waals surface area (Å²) in [5.41, 5.74) is 7.90. The molecule has 0 saturated carbocycles. The Morgan fingerprint density at radius 3 is 2.60 bits per heavy atom. The highest BCUT2D eigenvalue weighted by atomic mass is 32.2. The van der Waals surface area contributed by atoms with Crippen LogP contribution in [-0.2, 0) is 6.54 Å². The van der Waals surface area contributed by atoms with Crippen LogP contribution in [0.1, 0.15) is 19.4 Å². The summed E-state index contributed by atoms with van der Waals surface area (Å²) in [4.78, 5) is 0. The predicted octanol–water partition coefficient (Wildman–Crippen LogP) is 2.50. The summed E-state index contributed by atoms with van der Waals surface area (Å²) in [6.45, 7) is 6.30. The van der Waals surface area contributed by atoms with Crippen LogP contribution in [0.5, 0.6) is 0 Å². The van der Waals surface area contributed by atoms with Gasteiger partial charge in [0.25, 0.3) is 0 Å². The molecule has 0 unspecified atom stereocenters. The first-order valence-corrected chi connectivity index (χ1v) is 6.37. The third-order valence-electron chi connectivity index (χ3n) is 2.47. The molecule has 2 nitrogen and oxygen atoms in total. The van der Waals surface area contributed by atoms with E-state index in [1.165, 1.54) is 5.56 Å². The molecule has 0 aromatic heterocycles. The van der Waals surface area contributed by atoms with Gasteiger partial charge in [-0.3, -0.25) is 0 Å². The van der Waals surface area contributed by atoms with E-state index in [2.05, 4.69) is 31.5 Å². The maximum atomic E-state index is 5.86. The van der Waals surface area contributed by atoms with Crippen LogP contribution in [0.25, 0.3) is 0 Å². The molecule has 0 amide bonds. The van der Waals surface area contributed by atoms with Gasteiger partial charge in [0.15, 0.2) is 0 Å². The lowest BCUT2D eigenvalue weighted by Gasteiger charge is -2.22. The van der Waals surface area contributed by atoms with Crippen molar-refractivity contribution in [2.24, 2.45) is 0 Å². The van der Waals surface area contributed by atoms with Crippen molar-refractivity contribution in [3.63, 3.8) is 0 Å². The highest BCUT2D eigenvalue weighted by Crippen LogP contribution is 2.20. The lowest BCUT2D eigenvalue weighted by Crippen LogP contribution is -2.31. The number of nitrogens with two attached hydrogens (primary N) is 1. The highest BCUT2D eigenvalue weighted by Gasteiger charge is 2.14. The summed E-state index contributed by atoms with van der Waals surface area (Å²) in [7, 11) is 0. The third kappa shape index (κ3) is 4.14. The summed E-state index contributed by atoms with van der Waals surface area (Å²) in [6, 6.07) is 7.99. The van der Waals surface area contributed by atoms with E-state index in [1.54, 1.807) is 0 Å². The SMILES string of the molecule is CSC(C)(C)CNCc1ccccc1N. The molecule has 1 aromatic rings. The van der Waals surface area contributed by atoms with Crippen molar-refractivity contribution in [1.29, 1.82) is 0 Å².